The van der Waals surface area contributed by atoms with Crippen LogP contribution in [-0.2, 0) is 4.79 Å². The lowest BCUT2D eigenvalue weighted by Crippen LogP contribution is -2.20. The SMILES string of the molecule is Cc1c(Cl)cccc1NC(=O)COc1ccc2c(=O)c(Oc3ccc4c(C)cc(=O)oc4c3)coc2c1. The van der Waals surface area contributed by atoms with E-state index in [1.807, 2.05) is 6.92 Å². The lowest BCUT2D eigenvalue weighted by molar-refractivity contribution is -0.118. The highest BCUT2D eigenvalue weighted by atomic mass is 35.5. The number of ether oxygens (including phenoxy) is 2. The summed E-state index contributed by atoms with van der Waals surface area (Å²) in [6, 6.07) is 16.2. The molecule has 0 fully saturated rings. The van der Waals surface area contributed by atoms with Crippen molar-refractivity contribution in [2.75, 3.05) is 11.9 Å². The topological polar surface area (TPSA) is 108 Å². The Morgan fingerprint density at radius 1 is 0.946 bits per heavy atom. The van der Waals surface area contributed by atoms with Gasteiger partial charge in [-0.25, -0.2) is 4.79 Å². The second-order valence-corrected chi connectivity index (χ2v) is 8.75. The molecule has 186 valence electrons. The zero-order chi connectivity index (χ0) is 26.1. The van der Waals surface area contributed by atoms with E-state index in [4.69, 9.17) is 29.9 Å². The van der Waals surface area contributed by atoms with E-state index in [0.717, 1.165) is 16.5 Å². The number of carbonyl (C=O) groups is 1. The van der Waals surface area contributed by atoms with Gasteiger partial charge < -0.3 is 23.6 Å². The van der Waals surface area contributed by atoms with Crippen LogP contribution >= 0.6 is 11.6 Å². The van der Waals surface area contributed by atoms with Crippen LogP contribution in [0.2, 0.25) is 5.02 Å². The Bertz CT molecular complexity index is 1790. The van der Waals surface area contributed by atoms with Crippen molar-refractivity contribution in [1.29, 1.82) is 0 Å². The molecule has 5 rings (SSSR count). The van der Waals surface area contributed by atoms with Crippen LogP contribution in [0.5, 0.6) is 17.2 Å². The Hall–Kier alpha value is -4.56. The largest absolute Gasteiger partial charge is 0.484 e. The summed E-state index contributed by atoms with van der Waals surface area (Å²) in [6.07, 6.45) is 1.19. The second kappa shape index (κ2) is 9.83. The number of aryl methyl sites for hydroxylation is 1. The number of amides is 1. The lowest BCUT2D eigenvalue weighted by atomic mass is 10.1. The molecular formula is C28H20ClNO7. The fraction of sp³-hybridized carbons (Fsp3) is 0.107. The van der Waals surface area contributed by atoms with Gasteiger partial charge in [0, 0.05) is 34.3 Å². The van der Waals surface area contributed by atoms with Gasteiger partial charge in [0.25, 0.3) is 5.91 Å². The third-order valence-corrected chi connectivity index (χ3v) is 6.19. The predicted octanol–water partition coefficient (Wildman–Crippen LogP) is 5.98. The van der Waals surface area contributed by atoms with Crippen molar-refractivity contribution in [2.24, 2.45) is 0 Å². The maximum absolute atomic E-state index is 13.0. The number of fused-ring (bicyclic) bond motifs is 2. The highest BCUT2D eigenvalue weighted by molar-refractivity contribution is 6.31. The van der Waals surface area contributed by atoms with Crippen molar-refractivity contribution in [3.05, 3.63) is 104 Å². The maximum atomic E-state index is 13.0. The van der Waals surface area contributed by atoms with Gasteiger partial charge in [-0.2, -0.15) is 0 Å². The Morgan fingerprint density at radius 2 is 1.70 bits per heavy atom. The molecule has 0 aliphatic carbocycles. The van der Waals surface area contributed by atoms with Crippen molar-refractivity contribution < 1.29 is 23.1 Å². The van der Waals surface area contributed by atoms with E-state index >= 15 is 0 Å². The van der Waals surface area contributed by atoms with Crippen molar-refractivity contribution in [3.63, 3.8) is 0 Å². The molecular weight excluding hydrogens is 498 g/mol. The minimum absolute atomic E-state index is 0.0354. The lowest BCUT2D eigenvalue weighted by Gasteiger charge is -2.11. The molecule has 0 atom stereocenters. The number of nitrogens with one attached hydrogen (secondary N) is 1. The number of hydrogen-bond acceptors (Lipinski definition) is 7. The molecule has 0 bridgehead atoms. The Kier molecular flexibility index (Phi) is 6.42. The summed E-state index contributed by atoms with van der Waals surface area (Å²) in [6.45, 7) is 3.36. The molecule has 9 heteroatoms. The molecule has 8 nitrogen and oxygen atoms in total. The zero-order valence-electron chi connectivity index (χ0n) is 19.8. The number of rotatable bonds is 6. The minimum atomic E-state index is -0.470. The number of hydrogen-bond donors (Lipinski definition) is 1. The van der Waals surface area contributed by atoms with Gasteiger partial charge in [-0.05, 0) is 61.4 Å². The summed E-state index contributed by atoms with van der Waals surface area (Å²) in [5, 5.41) is 4.34. The van der Waals surface area contributed by atoms with Crippen LogP contribution in [-0.4, -0.2) is 12.5 Å². The summed E-state index contributed by atoms with van der Waals surface area (Å²) < 4.78 is 22.1. The number of anilines is 1. The third-order valence-electron chi connectivity index (χ3n) is 5.78. The molecule has 2 aromatic heterocycles. The summed E-state index contributed by atoms with van der Waals surface area (Å²) in [4.78, 5) is 37.0. The normalized spacial score (nSPS) is 11.0. The Morgan fingerprint density at radius 3 is 2.54 bits per heavy atom. The Balaban J connectivity index is 1.31. The molecule has 5 aromatic rings. The van der Waals surface area contributed by atoms with E-state index in [9.17, 15) is 14.4 Å². The van der Waals surface area contributed by atoms with Crippen LogP contribution in [0.1, 0.15) is 11.1 Å². The summed E-state index contributed by atoms with van der Waals surface area (Å²) in [7, 11) is 0. The van der Waals surface area contributed by atoms with Gasteiger partial charge in [0.15, 0.2) is 6.61 Å². The second-order valence-electron chi connectivity index (χ2n) is 8.34. The molecule has 1 amide bonds. The highest BCUT2D eigenvalue weighted by Gasteiger charge is 2.13. The zero-order valence-corrected chi connectivity index (χ0v) is 20.5. The van der Waals surface area contributed by atoms with Crippen LogP contribution in [0.4, 0.5) is 5.69 Å². The quantitative estimate of drug-likeness (QED) is 0.276. The summed E-state index contributed by atoms with van der Waals surface area (Å²) in [5.74, 6) is 0.264. The summed E-state index contributed by atoms with van der Waals surface area (Å²) in [5.41, 5.74) is 1.88. The molecule has 2 heterocycles. The standard InChI is InChI=1S/C28H20ClNO7/c1-15-10-27(32)37-24-12-18(7-8-19(15)24)36-25-13-35-23-11-17(6-9-20(23)28(25)33)34-14-26(31)30-22-5-3-4-21(29)16(22)2/h3-13H,14H2,1-2H3,(H,30,31). The van der Waals surface area contributed by atoms with Gasteiger partial charge >= 0.3 is 5.63 Å². The average molecular weight is 518 g/mol. The first kappa shape index (κ1) is 24.1. The van der Waals surface area contributed by atoms with Crippen LogP contribution in [0, 0.1) is 13.8 Å². The first-order chi connectivity index (χ1) is 17.8. The molecule has 3 aromatic carbocycles. The van der Waals surface area contributed by atoms with Crippen LogP contribution in [0.3, 0.4) is 0 Å². The van der Waals surface area contributed by atoms with Gasteiger partial charge in [0.1, 0.15) is 28.9 Å². The van der Waals surface area contributed by atoms with E-state index in [-0.39, 0.29) is 29.2 Å². The smallest absolute Gasteiger partial charge is 0.336 e. The fourth-order valence-electron chi connectivity index (χ4n) is 3.82. The molecule has 1 N–H and O–H groups in total. The van der Waals surface area contributed by atoms with Crippen molar-refractivity contribution in [3.8, 4) is 17.2 Å². The number of halogens is 1. The molecule has 0 aliphatic rings. The molecule has 0 saturated heterocycles. The van der Waals surface area contributed by atoms with Crippen LogP contribution in [0.15, 0.2) is 85.4 Å². The maximum Gasteiger partial charge on any atom is 0.336 e. The number of benzene rings is 3. The van der Waals surface area contributed by atoms with Gasteiger partial charge in [0.05, 0.1) is 5.39 Å². The molecule has 0 saturated carbocycles. The minimum Gasteiger partial charge on any atom is -0.484 e. The van der Waals surface area contributed by atoms with E-state index < -0.39 is 11.1 Å². The molecule has 0 radical (unpaired) electrons. The monoisotopic (exact) mass is 517 g/mol. The van der Waals surface area contributed by atoms with E-state index in [2.05, 4.69) is 5.32 Å². The van der Waals surface area contributed by atoms with Crippen LogP contribution in [0.25, 0.3) is 21.9 Å². The first-order valence-corrected chi connectivity index (χ1v) is 11.6. The van der Waals surface area contributed by atoms with Gasteiger partial charge in [-0.1, -0.05) is 17.7 Å². The Labute approximate surface area is 215 Å². The van der Waals surface area contributed by atoms with Crippen molar-refractivity contribution in [1.82, 2.24) is 0 Å². The molecule has 0 unspecified atom stereocenters. The van der Waals surface area contributed by atoms with E-state index in [1.165, 1.54) is 24.5 Å². The average Bonchev–Trinajstić information content (AvgIpc) is 2.87. The van der Waals surface area contributed by atoms with E-state index in [1.54, 1.807) is 49.4 Å². The van der Waals surface area contributed by atoms with Gasteiger partial charge in [-0.15, -0.1) is 0 Å². The first-order valence-electron chi connectivity index (χ1n) is 11.2. The molecule has 0 aliphatic heterocycles. The third kappa shape index (κ3) is 5.05. The predicted molar refractivity (Wildman–Crippen MR) is 140 cm³/mol. The number of carbonyl (C=O) groups excluding carboxylic acids is 1. The van der Waals surface area contributed by atoms with E-state index in [0.29, 0.717) is 27.8 Å². The van der Waals surface area contributed by atoms with Gasteiger partial charge in [0.2, 0.25) is 11.2 Å². The van der Waals surface area contributed by atoms with Crippen molar-refractivity contribution in [2.45, 2.75) is 13.8 Å². The van der Waals surface area contributed by atoms with Crippen LogP contribution < -0.4 is 25.8 Å². The summed E-state index contributed by atoms with van der Waals surface area (Å²) >= 11 is 6.09. The fourth-order valence-corrected chi connectivity index (χ4v) is 4.00. The highest BCUT2D eigenvalue weighted by Crippen LogP contribution is 2.27. The molecule has 37 heavy (non-hydrogen) atoms. The van der Waals surface area contributed by atoms with Gasteiger partial charge in [-0.3, -0.25) is 9.59 Å². The molecule has 0 spiro atoms. The van der Waals surface area contributed by atoms with Crippen molar-refractivity contribution >= 4 is 45.1 Å².